The van der Waals surface area contributed by atoms with Gasteiger partial charge in [-0.05, 0) is 44.0 Å². The summed E-state index contributed by atoms with van der Waals surface area (Å²) >= 11 is 1.07. The second-order valence-corrected chi connectivity index (χ2v) is 8.40. The van der Waals surface area contributed by atoms with Gasteiger partial charge in [0.25, 0.3) is 15.9 Å². The lowest BCUT2D eigenvalue weighted by atomic mass is 10.3. The minimum Gasteiger partial charge on any atom is -0.497 e. The van der Waals surface area contributed by atoms with Gasteiger partial charge < -0.3 is 9.64 Å². The number of likely N-dealkylation sites (tertiary alicyclic amines) is 1. The van der Waals surface area contributed by atoms with E-state index in [9.17, 15) is 13.2 Å². The SMILES string of the molecule is COc1ccc(S(=O)(=O)Nc2nc(C)c(C(=O)N3CCCC3)s2)cc1. The molecule has 2 heterocycles. The Bertz CT molecular complexity index is 869. The number of hydrogen-bond acceptors (Lipinski definition) is 6. The number of thiazole rings is 1. The average molecular weight is 381 g/mol. The van der Waals surface area contributed by atoms with Gasteiger partial charge in [-0.15, -0.1) is 0 Å². The van der Waals surface area contributed by atoms with Gasteiger partial charge in [0.15, 0.2) is 5.13 Å². The number of carbonyl (C=O) groups is 1. The van der Waals surface area contributed by atoms with Crippen LogP contribution in [-0.4, -0.2) is 44.4 Å². The normalized spacial score (nSPS) is 14.6. The van der Waals surface area contributed by atoms with Gasteiger partial charge in [-0.3, -0.25) is 9.52 Å². The molecule has 134 valence electrons. The molecule has 7 nitrogen and oxygen atoms in total. The Hall–Kier alpha value is -2.13. The third-order valence-corrected chi connectivity index (χ3v) is 6.52. The van der Waals surface area contributed by atoms with Crippen molar-refractivity contribution in [3.8, 4) is 5.75 Å². The van der Waals surface area contributed by atoms with Gasteiger partial charge in [-0.2, -0.15) is 0 Å². The summed E-state index contributed by atoms with van der Waals surface area (Å²) in [5, 5.41) is 0.191. The molecule has 0 spiro atoms. The highest BCUT2D eigenvalue weighted by atomic mass is 32.2. The van der Waals surface area contributed by atoms with Gasteiger partial charge in [0.1, 0.15) is 10.6 Å². The number of sulfonamides is 1. The van der Waals surface area contributed by atoms with Crippen LogP contribution in [0.5, 0.6) is 5.75 Å². The fourth-order valence-corrected chi connectivity index (χ4v) is 4.80. The molecular formula is C16H19N3O4S2. The van der Waals surface area contributed by atoms with Crippen molar-refractivity contribution in [1.29, 1.82) is 0 Å². The number of anilines is 1. The molecule has 1 aromatic heterocycles. The topological polar surface area (TPSA) is 88.6 Å². The van der Waals surface area contributed by atoms with E-state index in [-0.39, 0.29) is 15.9 Å². The standard InChI is InChI=1S/C16H19N3O4S2/c1-11-14(15(20)19-9-3-4-10-19)24-16(17-11)18-25(21,22)13-7-5-12(23-2)6-8-13/h5-8H,3-4,9-10H2,1-2H3,(H,17,18). The van der Waals surface area contributed by atoms with E-state index in [0.717, 1.165) is 37.3 Å². The van der Waals surface area contributed by atoms with Crippen LogP contribution < -0.4 is 9.46 Å². The average Bonchev–Trinajstić information content (AvgIpc) is 3.24. The van der Waals surface area contributed by atoms with Crippen molar-refractivity contribution < 1.29 is 17.9 Å². The molecule has 0 unspecified atom stereocenters. The molecule has 2 aromatic rings. The number of amides is 1. The van der Waals surface area contributed by atoms with E-state index in [1.807, 2.05) is 0 Å². The number of ether oxygens (including phenoxy) is 1. The second-order valence-electron chi connectivity index (χ2n) is 5.71. The summed E-state index contributed by atoms with van der Waals surface area (Å²) in [7, 11) is -2.26. The Labute approximate surface area is 150 Å². The molecule has 1 aliphatic heterocycles. The Morgan fingerprint density at radius 3 is 2.48 bits per heavy atom. The molecule has 3 rings (SSSR count). The molecule has 0 saturated carbocycles. The van der Waals surface area contributed by atoms with E-state index in [0.29, 0.717) is 16.3 Å². The van der Waals surface area contributed by atoms with Gasteiger partial charge in [0.2, 0.25) is 0 Å². The van der Waals surface area contributed by atoms with Gasteiger partial charge in [0.05, 0.1) is 17.7 Å². The number of carbonyl (C=O) groups excluding carboxylic acids is 1. The molecular weight excluding hydrogens is 362 g/mol. The van der Waals surface area contributed by atoms with Crippen molar-refractivity contribution >= 4 is 32.4 Å². The second kappa shape index (κ2) is 7.01. The number of hydrogen-bond donors (Lipinski definition) is 1. The molecule has 1 aliphatic rings. The van der Waals surface area contributed by atoms with Crippen molar-refractivity contribution in [2.75, 3.05) is 24.9 Å². The summed E-state index contributed by atoms with van der Waals surface area (Å²) in [6.07, 6.45) is 2.00. The summed E-state index contributed by atoms with van der Waals surface area (Å²) in [5.41, 5.74) is 0.536. The highest BCUT2D eigenvalue weighted by molar-refractivity contribution is 7.93. The summed E-state index contributed by atoms with van der Waals surface area (Å²) in [4.78, 5) is 19.1. The fraction of sp³-hybridized carbons (Fsp3) is 0.375. The minimum absolute atomic E-state index is 0.0811. The van der Waals surface area contributed by atoms with E-state index in [1.54, 1.807) is 24.0 Å². The summed E-state index contributed by atoms with van der Waals surface area (Å²) < 4.78 is 32.4. The maximum absolute atomic E-state index is 12.5. The lowest BCUT2D eigenvalue weighted by Crippen LogP contribution is -2.27. The first-order chi connectivity index (χ1) is 11.9. The van der Waals surface area contributed by atoms with E-state index in [2.05, 4.69) is 9.71 Å². The zero-order valence-corrected chi connectivity index (χ0v) is 15.6. The zero-order valence-electron chi connectivity index (χ0n) is 14.0. The Balaban J connectivity index is 1.80. The van der Waals surface area contributed by atoms with Crippen molar-refractivity contribution in [3.63, 3.8) is 0 Å². The Morgan fingerprint density at radius 1 is 1.24 bits per heavy atom. The maximum Gasteiger partial charge on any atom is 0.265 e. The molecule has 1 amide bonds. The summed E-state index contributed by atoms with van der Waals surface area (Å²) in [6.45, 7) is 3.19. The first-order valence-corrected chi connectivity index (χ1v) is 10.1. The quantitative estimate of drug-likeness (QED) is 0.860. The molecule has 1 fully saturated rings. The number of nitrogens with one attached hydrogen (secondary N) is 1. The van der Waals surface area contributed by atoms with Crippen molar-refractivity contribution in [2.24, 2.45) is 0 Å². The molecule has 9 heteroatoms. The first kappa shape index (κ1) is 17.7. The molecule has 1 aromatic carbocycles. The summed E-state index contributed by atoms with van der Waals surface area (Å²) in [5.74, 6) is 0.491. The van der Waals surface area contributed by atoms with E-state index < -0.39 is 10.0 Å². The number of nitrogens with zero attached hydrogens (tertiary/aromatic N) is 2. The number of aryl methyl sites for hydroxylation is 1. The van der Waals surface area contributed by atoms with Gasteiger partial charge in [-0.25, -0.2) is 13.4 Å². The highest BCUT2D eigenvalue weighted by Crippen LogP contribution is 2.27. The minimum atomic E-state index is -3.77. The molecule has 1 N–H and O–H groups in total. The van der Waals surface area contributed by atoms with E-state index in [1.165, 1.54) is 19.2 Å². The number of benzene rings is 1. The van der Waals surface area contributed by atoms with Crippen LogP contribution in [0, 0.1) is 6.92 Å². The van der Waals surface area contributed by atoms with E-state index >= 15 is 0 Å². The predicted molar refractivity (Wildman–Crippen MR) is 95.8 cm³/mol. The molecule has 0 bridgehead atoms. The van der Waals surface area contributed by atoms with Crippen molar-refractivity contribution in [2.45, 2.75) is 24.7 Å². The molecule has 25 heavy (non-hydrogen) atoms. The molecule has 0 aliphatic carbocycles. The molecule has 0 atom stereocenters. The number of aromatic nitrogens is 1. The van der Waals surface area contributed by atoms with Gasteiger partial charge in [-0.1, -0.05) is 11.3 Å². The zero-order chi connectivity index (χ0) is 18.0. The van der Waals surface area contributed by atoms with Crippen LogP contribution in [0.4, 0.5) is 5.13 Å². The number of methoxy groups -OCH3 is 1. The van der Waals surface area contributed by atoms with Crippen LogP contribution in [0.3, 0.4) is 0 Å². The van der Waals surface area contributed by atoms with Crippen LogP contribution in [0.1, 0.15) is 28.2 Å². The van der Waals surface area contributed by atoms with Crippen LogP contribution in [0.15, 0.2) is 29.2 Å². The molecule has 0 radical (unpaired) electrons. The lowest BCUT2D eigenvalue weighted by Gasteiger charge is -2.13. The van der Waals surface area contributed by atoms with Crippen LogP contribution in [-0.2, 0) is 10.0 Å². The Kier molecular flexibility index (Phi) is 4.96. The highest BCUT2D eigenvalue weighted by Gasteiger charge is 2.25. The monoisotopic (exact) mass is 381 g/mol. The van der Waals surface area contributed by atoms with Crippen molar-refractivity contribution in [3.05, 3.63) is 34.8 Å². The first-order valence-electron chi connectivity index (χ1n) is 7.84. The third-order valence-electron chi connectivity index (χ3n) is 3.98. The van der Waals surface area contributed by atoms with Gasteiger partial charge in [0, 0.05) is 13.1 Å². The smallest absolute Gasteiger partial charge is 0.265 e. The van der Waals surface area contributed by atoms with E-state index in [4.69, 9.17) is 4.74 Å². The predicted octanol–water partition coefficient (Wildman–Crippen LogP) is 2.50. The number of rotatable bonds is 5. The largest absolute Gasteiger partial charge is 0.497 e. The third kappa shape index (κ3) is 3.77. The lowest BCUT2D eigenvalue weighted by molar-refractivity contribution is 0.0796. The summed E-state index contributed by atoms with van der Waals surface area (Å²) in [6, 6.07) is 6.06. The van der Waals surface area contributed by atoms with Crippen molar-refractivity contribution in [1.82, 2.24) is 9.88 Å². The fourth-order valence-electron chi connectivity index (χ4n) is 2.63. The van der Waals surface area contributed by atoms with Crippen LogP contribution in [0.2, 0.25) is 0 Å². The Morgan fingerprint density at radius 2 is 1.88 bits per heavy atom. The van der Waals surface area contributed by atoms with Crippen LogP contribution >= 0.6 is 11.3 Å². The molecule has 1 saturated heterocycles. The van der Waals surface area contributed by atoms with Gasteiger partial charge >= 0.3 is 0 Å². The van der Waals surface area contributed by atoms with Crippen LogP contribution in [0.25, 0.3) is 0 Å². The maximum atomic E-state index is 12.5.